The van der Waals surface area contributed by atoms with E-state index in [1.54, 1.807) is 18.7 Å². The van der Waals surface area contributed by atoms with Crippen molar-refractivity contribution in [1.82, 2.24) is 4.31 Å². The van der Waals surface area contributed by atoms with Crippen molar-refractivity contribution in [2.75, 3.05) is 24.6 Å². The standard InChI is InChI=1S/C10H13NO4S3/c1-7-9(6-8(17-7)10(12)13)18(14,15)11-2-4-16-5-3-11/h6H,2-5H2,1H3,(H,12,13). The van der Waals surface area contributed by atoms with Crippen LogP contribution in [0.5, 0.6) is 0 Å². The van der Waals surface area contributed by atoms with Crippen LogP contribution in [0.25, 0.3) is 0 Å². The summed E-state index contributed by atoms with van der Waals surface area (Å²) in [6.07, 6.45) is 0. The maximum Gasteiger partial charge on any atom is 0.345 e. The third-order valence-corrected chi connectivity index (χ3v) is 6.81. The van der Waals surface area contributed by atoms with Crippen LogP contribution in [0, 0.1) is 6.92 Å². The molecule has 1 saturated heterocycles. The Morgan fingerprint density at radius 3 is 2.50 bits per heavy atom. The number of nitrogens with zero attached hydrogens (tertiary/aromatic N) is 1. The van der Waals surface area contributed by atoms with Gasteiger partial charge in [0.15, 0.2) is 0 Å². The Hall–Kier alpha value is -0.570. The van der Waals surface area contributed by atoms with Crippen LogP contribution in [0.1, 0.15) is 14.5 Å². The topological polar surface area (TPSA) is 74.7 Å². The Morgan fingerprint density at radius 2 is 2.00 bits per heavy atom. The lowest BCUT2D eigenvalue weighted by molar-refractivity contribution is 0.0702. The first kappa shape index (κ1) is 13.9. The second kappa shape index (κ2) is 5.20. The molecular formula is C10H13NO4S3. The van der Waals surface area contributed by atoms with Crippen LogP contribution in [0.2, 0.25) is 0 Å². The van der Waals surface area contributed by atoms with Crippen LogP contribution in [0.3, 0.4) is 0 Å². The summed E-state index contributed by atoms with van der Waals surface area (Å²) in [5.74, 6) is 0.487. The van der Waals surface area contributed by atoms with Gasteiger partial charge in [0.25, 0.3) is 0 Å². The zero-order valence-corrected chi connectivity index (χ0v) is 12.2. The van der Waals surface area contributed by atoms with E-state index in [-0.39, 0.29) is 9.77 Å². The largest absolute Gasteiger partial charge is 0.477 e. The highest BCUT2D eigenvalue weighted by Gasteiger charge is 2.29. The van der Waals surface area contributed by atoms with Crippen LogP contribution in [-0.4, -0.2) is 48.4 Å². The fourth-order valence-electron chi connectivity index (χ4n) is 1.75. The van der Waals surface area contributed by atoms with Crippen molar-refractivity contribution in [2.24, 2.45) is 0 Å². The number of rotatable bonds is 3. The predicted molar refractivity (Wildman–Crippen MR) is 72.1 cm³/mol. The Bertz CT molecular complexity index is 558. The number of sulfonamides is 1. The van der Waals surface area contributed by atoms with Gasteiger partial charge in [-0.3, -0.25) is 0 Å². The van der Waals surface area contributed by atoms with E-state index >= 15 is 0 Å². The molecule has 1 aromatic rings. The van der Waals surface area contributed by atoms with Crippen LogP contribution in [0.4, 0.5) is 0 Å². The lowest BCUT2D eigenvalue weighted by Gasteiger charge is -2.25. The van der Waals surface area contributed by atoms with Crippen LogP contribution in [-0.2, 0) is 10.0 Å². The van der Waals surface area contributed by atoms with Gasteiger partial charge in [-0.2, -0.15) is 16.1 Å². The molecule has 1 fully saturated rings. The van der Waals surface area contributed by atoms with E-state index in [9.17, 15) is 13.2 Å². The van der Waals surface area contributed by atoms with Gasteiger partial charge >= 0.3 is 5.97 Å². The molecule has 0 saturated carbocycles. The lowest BCUT2D eigenvalue weighted by Crippen LogP contribution is -2.37. The normalized spacial score (nSPS) is 17.8. The number of carbonyl (C=O) groups is 1. The molecule has 0 atom stereocenters. The maximum atomic E-state index is 12.4. The van der Waals surface area contributed by atoms with Crippen molar-refractivity contribution in [1.29, 1.82) is 0 Å². The van der Waals surface area contributed by atoms with E-state index in [1.165, 1.54) is 10.4 Å². The molecule has 8 heteroatoms. The summed E-state index contributed by atoms with van der Waals surface area (Å²) in [4.78, 5) is 11.6. The Morgan fingerprint density at radius 1 is 1.39 bits per heavy atom. The predicted octanol–water partition coefficient (Wildman–Crippen LogP) is 1.49. The van der Waals surface area contributed by atoms with Crippen LogP contribution < -0.4 is 0 Å². The molecule has 18 heavy (non-hydrogen) atoms. The first-order valence-electron chi connectivity index (χ1n) is 5.34. The molecule has 1 aliphatic heterocycles. The zero-order chi connectivity index (χ0) is 13.3. The molecular weight excluding hydrogens is 294 g/mol. The third kappa shape index (κ3) is 2.56. The van der Waals surface area contributed by atoms with Crippen molar-refractivity contribution in [3.05, 3.63) is 15.8 Å². The minimum atomic E-state index is -3.54. The van der Waals surface area contributed by atoms with Crippen molar-refractivity contribution in [3.8, 4) is 0 Å². The molecule has 5 nitrogen and oxygen atoms in total. The average Bonchev–Trinajstić information content (AvgIpc) is 2.73. The summed E-state index contributed by atoms with van der Waals surface area (Å²) in [6, 6.07) is 1.26. The third-order valence-electron chi connectivity index (χ3n) is 2.67. The van der Waals surface area contributed by atoms with E-state index in [0.29, 0.717) is 18.0 Å². The number of aryl methyl sites for hydroxylation is 1. The van der Waals surface area contributed by atoms with Gasteiger partial charge < -0.3 is 5.11 Å². The molecule has 2 rings (SSSR count). The highest BCUT2D eigenvalue weighted by atomic mass is 32.2. The highest BCUT2D eigenvalue weighted by Crippen LogP contribution is 2.29. The summed E-state index contributed by atoms with van der Waals surface area (Å²) in [5, 5.41) is 8.90. The Kier molecular flexibility index (Phi) is 4.00. The molecule has 0 radical (unpaired) electrons. The van der Waals surface area contributed by atoms with Gasteiger partial charge in [0.1, 0.15) is 4.88 Å². The fourth-order valence-corrected chi connectivity index (χ4v) is 5.73. The average molecular weight is 307 g/mol. The zero-order valence-electron chi connectivity index (χ0n) is 9.75. The van der Waals surface area contributed by atoms with Crippen molar-refractivity contribution >= 4 is 39.1 Å². The van der Waals surface area contributed by atoms with Crippen LogP contribution >= 0.6 is 23.1 Å². The number of carboxylic acids is 1. The van der Waals surface area contributed by atoms with Gasteiger partial charge in [-0.1, -0.05) is 0 Å². The first-order chi connectivity index (χ1) is 8.43. The van der Waals surface area contributed by atoms with E-state index in [4.69, 9.17) is 5.11 Å². The van der Waals surface area contributed by atoms with Gasteiger partial charge in [-0.25, -0.2) is 13.2 Å². The molecule has 100 valence electrons. The molecule has 0 aromatic carbocycles. The first-order valence-corrected chi connectivity index (χ1v) is 8.75. The summed E-state index contributed by atoms with van der Waals surface area (Å²) < 4.78 is 26.2. The Labute approximate surface area is 114 Å². The molecule has 1 aliphatic rings. The molecule has 0 spiro atoms. The van der Waals surface area contributed by atoms with E-state index < -0.39 is 16.0 Å². The quantitative estimate of drug-likeness (QED) is 0.916. The number of hydrogen-bond donors (Lipinski definition) is 1. The summed E-state index contributed by atoms with van der Waals surface area (Å²) >= 11 is 2.73. The molecule has 2 heterocycles. The van der Waals surface area contributed by atoms with Gasteiger partial charge in [-0.05, 0) is 13.0 Å². The highest BCUT2D eigenvalue weighted by molar-refractivity contribution is 7.99. The van der Waals surface area contributed by atoms with E-state index in [2.05, 4.69) is 0 Å². The van der Waals surface area contributed by atoms with Crippen molar-refractivity contribution < 1.29 is 18.3 Å². The van der Waals surface area contributed by atoms with E-state index in [0.717, 1.165) is 22.8 Å². The number of carboxylic acid groups (broad SMARTS) is 1. The van der Waals surface area contributed by atoms with Gasteiger partial charge in [0, 0.05) is 29.5 Å². The lowest BCUT2D eigenvalue weighted by atomic mass is 10.4. The van der Waals surface area contributed by atoms with Gasteiger partial charge in [0.05, 0.1) is 4.90 Å². The number of aromatic carboxylic acids is 1. The number of thiophene rings is 1. The molecule has 0 aliphatic carbocycles. The van der Waals surface area contributed by atoms with Crippen LogP contribution in [0.15, 0.2) is 11.0 Å². The smallest absolute Gasteiger partial charge is 0.345 e. The molecule has 0 unspecified atom stereocenters. The SMILES string of the molecule is Cc1sc(C(=O)O)cc1S(=O)(=O)N1CCSCC1. The summed E-state index contributed by atoms with van der Waals surface area (Å²) in [7, 11) is -3.54. The summed E-state index contributed by atoms with van der Waals surface area (Å²) in [5.41, 5.74) is 0. The van der Waals surface area contributed by atoms with Gasteiger partial charge in [-0.15, -0.1) is 11.3 Å². The minimum Gasteiger partial charge on any atom is -0.477 e. The number of thioether (sulfide) groups is 1. The molecule has 1 aromatic heterocycles. The van der Waals surface area contributed by atoms with Crippen molar-refractivity contribution in [2.45, 2.75) is 11.8 Å². The molecule has 1 N–H and O–H groups in total. The summed E-state index contributed by atoms with van der Waals surface area (Å²) in [6.45, 7) is 2.62. The number of hydrogen-bond acceptors (Lipinski definition) is 5. The van der Waals surface area contributed by atoms with Gasteiger partial charge in [0.2, 0.25) is 10.0 Å². The van der Waals surface area contributed by atoms with E-state index in [1.807, 2.05) is 0 Å². The minimum absolute atomic E-state index is 0.0671. The second-order valence-corrected chi connectivity index (χ2v) is 8.24. The maximum absolute atomic E-state index is 12.4. The monoisotopic (exact) mass is 307 g/mol. The fraction of sp³-hybridized carbons (Fsp3) is 0.500. The molecule has 0 amide bonds. The second-order valence-electron chi connectivity index (χ2n) is 3.85. The van der Waals surface area contributed by atoms with Crippen molar-refractivity contribution in [3.63, 3.8) is 0 Å². The molecule has 0 bridgehead atoms. The Balaban J connectivity index is 2.37.